The van der Waals surface area contributed by atoms with Gasteiger partial charge in [0, 0.05) is 0 Å². The van der Waals surface area contributed by atoms with E-state index in [4.69, 9.17) is 9.84 Å². The Labute approximate surface area is 132 Å². The van der Waals surface area contributed by atoms with Crippen LogP contribution in [0.3, 0.4) is 0 Å². The van der Waals surface area contributed by atoms with Gasteiger partial charge in [-0.25, -0.2) is 4.79 Å². The van der Waals surface area contributed by atoms with Gasteiger partial charge in [-0.2, -0.15) is 13.2 Å². The van der Waals surface area contributed by atoms with Crippen LogP contribution in [0, 0.1) is 0 Å². The zero-order valence-corrected chi connectivity index (χ0v) is 13.0. The summed E-state index contributed by atoms with van der Waals surface area (Å²) < 4.78 is 42.7. The molecule has 0 aliphatic rings. The number of halogens is 3. The molecular formula is C15H20F3NO4. The van der Waals surface area contributed by atoms with Crippen molar-refractivity contribution in [2.24, 2.45) is 0 Å². The van der Waals surface area contributed by atoms with Crippen LogP contribution in [0.25, 0.3) is 0 Å². The molecule has 0 heterocycles. The third-order valence-electron chi connectivity index (χ3n) is 2.84. The molecule has 0 aromatic heterocycles. The van der Waals surface area contributed by atoms with Crippen molar-refractivity contribution in [3.8, 4) is 0 Å². The smallest absolute Gasteiger partial charge is 0.416 e. The quantitative estimate of drug-likeness (QED) is 0.790. The van der Waals surface area contributed by atoms with Crippen LogP contribution in [0.1, 0.15) is 37.9 Å². The number of aliphatic hydroxyl groups excluding tert-OH is 2. The molecule has 0 saturated heterocycles. The molecule has 1 aromatic rings. The summed E-state index contributed by atoms with van der Waals surface area (Å²) in [6, 6.07) is 2.83. The van der Waals surface area contributed by atoms with Crippen molar-refractivity contribution in [1.29, 1.82) is 0 Å². The van der Waals surface area contributed by atoms with Gasteiger partial charge in [-0.1, -0.05) is 12.1 Å². The molecular weight excluding hydrogens is 315 g/mol. The molecule has 1 rings (SSSR count). The normalized spacial score (nSPS) is 15.0. The molecule has 5 nitrogen and oxygen atoms in total. The van der Waals surface area contributed by atoms with E-state index in [1.54, 1.807) is 20.8 Å². The van der Waals surface area contributed by atoms with Gasteiger partial charge in [-0.05, 0) is 38.5 Å². The Hall–Kier alpha value is -1.80. The van der Waals surface area contributed by atoms with Crippen LogP contribution in [0.4, 0.5) is 18.0 Å². The molecule has 0 spiro atoms. The lowest BCUT2D eigenvalue weighted by Gasteiger charge is -2.26. The van der Waals surface area contributed by atoms with Crippen molar-refractivity contribution in [2.75, 3.05) is 6.61 Å². The zero-order chi connectivity index (χ0) is 17.8. The summed E-state index contributed by atoms with van der Waals surface area (Å²) in [5, 5.41) is 21.2. The molecule has 23 heavy (non-hydrogen) atoms. The minimum absolute atomic E-state index is 0.213. The van der Waals surface area contributed by atoms with Gasteiger partial charge in [0.2, 0.25) is 0 Å². The fraction of sp³-hybridized carbons (Fsp3) is 0.533. The van der Waals surface area contributed by atoms with Gasteiger partial charge in [0.25, 0.3) is 0 Å². The molecule has 1 aromatic carbocycles. The third kappa shape index (κ3) is 6.07. The summed E-state index contributed by atoms with van der Waals surface area (Å²) in [6.07, 6.45) is -6.73. The number of hydrogen-bond donors (Lipinski definition) is 3. The first kappa shape index (κ1) is 19.2. The number of hydrogen-bond acceptors (Lipinski definition) is 4. The van der Waals surface area contributed by atoms with Gasteiger partial charge in [-0.3, -0.25) is 0 Å². The van der Waals surface area contributed by atoms with Gasteiger partial charge in [0.05, 0.1) is 18.2 Å². The summed E-state index contributed by atoms with van der Waals surface area (Å²) in [5.41, 5.74) is -1.42. The average Bonchev–Trinajstić information content (AvgIpc) is 2.41. The van der Waals surface area contributed by atoms with Crippen LogP contribution in [-0.2, 0) is 10.9 Å². The Morgan fingerprint density at radius 2 is 1.74 bits per heavy atom. The average molecular weight is 335 g/mol. The minimum Gasteiger partial charge on any atom is -0.444 e. The molecule has 0 aliphatic carbocycles. The van der Waals surface area contributed by atoms with E-state index in [2.05, 4.69) is 5.32 Å². The van der Waals surface area contributed by atoms with E-state index in [-0.39, 0.29) is 5.56 Å². The Morgan fingerprint density at radius 1 is 1.22 bits per heavy atom. The Morgan fingerprint density at radius 3 is 2.13 bits per heavy atom. The van der Waals surface area contributed by atoms with Crippen molar-refractivity contribution >= 4 is 6.09 Å². The SMILES string of the molecule is CC(C)(C)OC(=O)N[C@H](c1ccc(C(F)(F)F)cc1)C(O)CO. The number of rotatable bonds is 4. The van der Waals surface area contributed by atoms with Crippen molar-refractivity contribution in [1.82, 2.24) is 5.32 Å². The Bertz CT molecular complexity index is 523. The number of nitrogens with one attached hydrogen (secondary N) is 1. The maximum Gasteiger partial charge on any atom is 0.416 e. The molecule has 130 valence electrons. The zero-order valence-electron chi connectivity index (χ0n) is 13.0. The highest BCUT2D eigenvalue weighted by atomic mass is 19.4. The fourth-order valence-electron chi connectivity index (χ4n) is 1.82. The highest BCUT2D eigenvalue weighted by molar-refractivity contribution is 5.68. The molecule has 3 N–H and O–H groups in total. The number of ether oxygens (including phenoxy) is 1. The first-order valence-electron chi connectivity index (χ1n) is 6.89. The van der Waals surface area contributed by atoms with Gasteiger partial charge in [-0.15, -0.1) is 0 Å². The van der Waals surface area contributed by atoms with Gasteiger partial charge < -0.3 is 20.3 Å². The fourth-order valence-corrected chi connectivity index (χ4v) is 1.82. The second-order valence-corrected chi connectivity index (χ2v) is 5.99. The maximum absolute atomic E-state index is 12.6. The number of carbonyl (C=O) groups excluding carboxylic acids is 1. The largest absolute Gasteiger partial charge is 0.444 e. The summed E-state index contributed by atoms with van der Waals surface area (Å²) in [4.78, 5) is 11.8. The Balaban J connectivity index is 2.96. The Kier molecular flexibility index (Phi) is 6.01. The molecule has 0 radical (unpaired) electrons. The van der Waals surface area contributed by atoms with Gasteiger partial charge in [0.1, 0.15) is 11.7 Å². The number of aliphatic hydroxyl groups is 2. The van der Waals surface area contributed by atoms with Crippen LogP contribution in [0.15, 0.2) is 24.3 Å². The molecule has 0 saturated carbocycles. The van der Waals surface area contributed by atoms with Crippen LogP contribution in [-0.4, -0.2) is 34.6 Å². The van der Waals surface area contributed by atoms with E-state index < -0.39 is 42.2 Å². The molecule has 0 bridgehead atoms. The third-order valence-corrected chi connectivity index (χ3v) is 2.84. The van der Waals surface area contributed by atoms with E-state index in [1.807, 2.05) is 0 Å². The van der Waals surface area contributed by atoms with Crippen molar-refractivity contribution in [3.63, 3.8) is 0 Å². The van der Waals surface area contributed by atoms with Gasteiger partial charge >= 0.3 is 12.3 Å². The van der Waals surface area contributed by atoms with E-state index in [9.17, 15) is 23.1 Å². The summed E-state index contributed by atoms with van der Waals surface area (Å²) >= 11 is 0. The molecule has 0 aliphatic heterocycles. The molecule has 0 fully saturated rings. The van der Waals surface area contributed by atoms with E-state index in [1.165, 1.54) is 0 Å². The summed E-state index contributed by atoms with van der Waals surface area (Å²) in [7, 11) is 0. The predicted molar refractivity (Wildman–Crippen MR) is 76.6 cm³/mol. The minimum atomic E-state index is -4.48. The first-order valence-corrected chi connectivity index (χ1v) is 6.89. The standard InChI is InChI=1S/C15H20F3NO4/c1-14(2,3)23-13(22)19-12(11(21)8-20)9-4-6-10(7-5-9)15(16,17)18/h4-7,11-12,20-21H,8H2,1-3H3,(H,19,22)/t11?,12-/m1/s1. The second-order valence-electron chi connectivity index (χ2n) is 5.99. The molecule has 2 atom stereocenters. The number of carbonyl (C=O) groups is 1. The lowest BCUT2D eigenvalue weighted by atomic mass is 10.0. The number of amides is 1. The lowest BCUT2D eigenvalue weighted by molar-refractivity contribution is -0.137. The summed E-state index contributed by atoms with van der Waals surface area (Å²) in [6.45, 7) is 4.24. The van der Waals surface area contributed by atoms with Crippen molar-refractivity contribution in [2.45, 2.75) is 44.7 Å². The van der Waals surface area contributed by atoms with E-state index in [0.717, 1.165) is 24.3 Å². The number of benzene rings is 1. The monoisotopic (exact) mass is 335 g/mol. The lowest BCUT2D eigenvalue weighted by Crippen LogP contribution is -2.40. The highest BCUT2D eigenvalue weighted by Gasteiger charge is 2.31. The first-order chi connectivity index (χ1) is 10.4. The number of alkyl carbamates (subject to hydrolysis) is 1. The molecule has 8 heteroatoms. The summed E-state index contributed by atoms with van der Waals surface area (Å²) in [5.74, 6) is 0. The van der Waals surface area contributed by atoms with Crippen LogP contribution in [0.2, 0.25) is 0 Å². The van der Waals surface area contributed by atoms with Crippen LogP contribution < -0.4 is 5.32 Å². The number of alkyl halides is 3. The second kappa shape index (κ2) is 7.18. The van der Waals surface area contributed by atoms with E-state index in [0.29, 0.717) is 0 Å². The maximum atomic E-state index is 12.6. The highest BCUT2D eigenvalue weighted by Crippen LogP contribution is 2.30. The van der Waals surface area contributed by atoms with E-state index >= 15 is 0 Å². The van der Waals surface area contributed by atoms with Crippen molar-refractivity contribution in [3.05, 3.63) is 35.4 Å². The van der Waals surface area contributed by atoms with Crippen LogP contribution >= 0.6 is 0 Å². The predicted octanol–water partition coefficient (Wildman–Crippen LogP) is 2.62. The molecule has 1 amide bonds. The topological polar surface area (TPSA) is 78.8 Å². The van der Waals surface area contributed by atoms with Crippen LogP contribution in [0.5, 0.6) is 0 Å². The molecule has 1 unspecified atom stereocenters. The van der Waals surface area contributed by atoms with Gasteiger partial charge in [0.15, 0.2) is 0 Å². The van der Waals surface area contributed by atoms with Crippen molar-refractivity contribution < 1.29 is 32.9 Å².